The highest BCUT2D eigenvalue weighted by atomic mass is 79.9. The lowest BCUT2D eigenvalue weighted by Gasteiger charge is -2.34. The summed E-state index contributed by atoms with van der Waals surface area (Å²) in [5.74, 6) is -0.195. The maximum absolute atomic E-state index is 12.8. The van der Waals surface area contributed by atoms with Gasteiger partial charge in [0.15, 0.2) is 0 Å². The van der Waals surface area contributed by atoms with E-state index in [9.17, 15) is 9.59 Å². The van der Waals surface area contributed by atoms with Gasteiger partial charge in [0.25, 0.3) is 11.5 Å². The zero-order valence-electron chi connectivity index (χ0n) is 15.2. The minimum Gasteiger partial charge on any atom is -0.336 e. The second kappa shape index (κ2) is 8.43. The number of aromatic nitrogens is 1. The monoisotopic (exact) mass is 457 g/mol. The van der Waals surface area contributed by atoms with Crippen molar-refractivity contribution in [2.45, 2.75) is 6.54 Å². The number of thiophene rings is 1. The number of piperazine rings is 1. The van der Waals surface area contributed by atoms with Gasteiger partial charge in [0.1, 0.15) is 5.56 Å². The van der Waals surface area contributed by atoms with Crippen LogP contribution in [0.2, 0.25) is 0 Å². The minimum absolute atomic E-state index is 0.195. The number of rotatable bonds is 4. The molecule has 0 saturated carbocycles. The molecule has 1 amide bonds. The number of hydrogen-bond donors (Lipinski definition) is 1. The normalized spacial score (nSPS) is 15.0. The Morgan fingerprint density at radius 3 is 2.39 bits per heavy atom. The third-order valence-electron chi connectivity index (χ3n) is 4.89. The molecule has 144 valence electrons. The summed E-state index contributed by atoms with van der Waals surface area (Å²) < 4.78 is 1.13. The first-order chi connectivity index (χ1) is 13.6. The average Bonchev–Trinajstić information content (AvgIpc) is 3.13. The van der Waals surface area contributed by atoms with Gasteiger partial charge in [-0.25, -0.2) is 0 Å². The molecule has 0 atom stereocenters. The van der Waals surface area contributed by atoms with Gasteiger partial charge in [-0.3, -0.25) is 14.5 Å². The van der Waals surface area contributed by atoms with Crippen LogP contribution in [0.25, 0.3) is 11.3 Å². The Balaban J connectivity index is 1.40. The highest BCUT2D eigenvalue weighted by Crippen LogP contribution is 2.23. The van der Waals surface area contributed by atoms with Crippen molar-refractivity contribution in [1.82, 2.24) is 14.8 Å². The highest BCUT2D eigenvalue weighted by molar-refractivity contribution is 9.11. The molecule has 0 unspecified atom stereocenters. The van der Waals surface area contributed by atoms with Gasteiger partial charge < -0.3 is 9.88 Å². The van der Waals surface area contributed by atoms with Crippen LogP contribution >= 0.6 is 27.3 Å². The van der Waals surface area contributed by atoms with Crippen LogP contribution in [0.4, 0.5) is 0 Å². The van der Waals surface area contributed by atoms with E-state index in [-0.39, 0.29) is 17.0 Å². The molecule has 1 aliphatic rings. The van der Waals surface area contributed by atoms with Crippen LogP contribution in [0.1, 0.15) is 15.2 Å². The second-order valence-corrected chi connectivity index (χ2v) is 9.30. The van der Waals surface area contributed by atoms with Crippen molar-refractivity contribution in [3.05, 3.63) is 79.2 Å². The summed E-state index contributed by atoms with van der Waals surface area (Å²) >= 11 is 5.23. The Kier molecular flexibility index (Phi) is 5.75. The Morgan fingerprint density at radius 2 is 1.75 bits per heavy atom. The van der Waals surface area contributed by atoms with Crippen LogP contribution in [0, 0.1) is 0 Å². The Morgan fingerprint density at radius 1 is 1.00 bits per heavy atom. The van der Waals surface area contributed by atoms with Gasteiger partial charge in [-0.15, -0.1) is 11.3 Å². The second-order valence-electron chi connectivity index (χ2n) is 6.76. The SMILES string of the molecule is O=C(c1ccc(-c2ccccc2)[nH]c1=O)N1CCN(Cc2ccc(Br)s2)CC1. The first-order valence-electron chi connectivity index (χ1n) is 9.15. The number of aromatic amines is 1. The number of pyridine rings is 1. The van der Waals surface area contributed by atoms with Crippen LogP contribution in [-0.4, -0.2) is 46.9 Å². The molecule has 3 aromatic rings. The fourth-order valence-corrected chi connectivity index (χ4v) is 4.89. The maximum atomic E-state index is 12.8. The predicted molar refractivity (Wildman–Crippen MR) is 116 cm³/mol. The Labute approximate surface area is 175 Å². The molecule has 1 N–H and O–H groups in total. The molecule has 2 aromatic heterocycles. The first-order valence-corrected chi connectivity index (χ1v) is 10.8. The summed E-state index contributed by atoms with van der Waals surface area (Å²) in [4.78, 5) is 33.6. The number of halogens is 1. The van der Waals surface area contributed by atoms with Crippen LogP contribution in [0.15, 0.2) is 63.2 Å². The van der Waals surface area contributed by atoms with Gasteiger partial charge >= 0.3 is 0 Å². The van der Waals surface area contributed by atoms with E-state index in [4.69, 9.17) is 0 Å². The molecule has 1 saturated heterocycles. The van der Waals surface area contributed by atoms with Gasteiger partial charge in [0, 0.05) is 43.3 Å². The third-order valence-corrected chi connectivity index (χ3v) is 6.50. The molecule has 0 radical (unpaired) electrons. The largest absolute Gasteiger partial charge is 0.336 e. The van der Waals surface area contributed by atoms with Crippen molar-refractivity contribution in [2.24, 2.45) is 0 Å². The van der Waals surface area contributed by atoms with Gasteiger partial charge in [0.05, 0.1) is 3.79 Å². The number of amides is 1. The number of hydrogen-bond acceptors (Lipinski definition) is 4. The van der Waals surface area contributed by atoms with E-state index in [0.717, 1.165) is 29.0 Å². The number of nitrogens with zero attached hydrogens (tertiary/aromatic N) is 2. The summed E-state index contributed by atoms with van der Waals surface area (Å²) in [5.41, 5.74) is 1.51. The van der Waals surface area contributed by atoms with Crippen molar-refractivity contribution in [1.29, 1.82) is 0 Å². The molecule has 3 heterocycles. The number of carbonyl (C=O) groups excluding carboxylic acids is 1. The van der Waals surface area contributed by atoms with Crippen LogP contribution in [-0.2, 0) is 6.54 Å². The van der Waals surface area contributed by atoms with Crippen molar-refractivity contribution in [3.63, 3.8) is 0 Å². The molecule has 4 rings (SSSR count). The summed E-state index contributed by atoms with van der Waals surface area (Å²) in [6.07, 6.45) is 0. The molecule has 0 bridgehead atoms. The lowest BCUT2D eigenvalue weighted by Crippen LogP contribution is -2.49. The van der Waals surface area contributed by atoms with Gasteiger partial charge in [-0.05, 0) is 45.8 Å². The molecule has 1 aliphatic heterocycles. The average molecular weight is 458 g/mol. The Bertz CT molecular complexity index is 1020. The van der Waals surface area contributed by atoms with E-state index in [1.807, 2.05) is 30.3 Å². The molecule has 7 heteroatoms. The fourth-order valence-electron chi connectivity index (χ4n) is 3.36. The fraction of sp³-hybridized carbons (Fsp3) is 0.238. The molecule has 5 nitrogen and oxygen atoms in total. The van der Waals surface area contributed by atoms with Gasteiger partial charge in [-0.1, -0.05) is 30.3 Å². The quantitative estimate of drug-likeness (QED) is 0.647. The molecule has 0 spiro atoms. The maximum Gasteiger partial charge on any atom is 0.261 e. The van der Waals surface area contributed by atoms with E-state index >= 15 is 0 Å². The van der Waals surface area contributed by atoms with E-state index in [0.29, 0.717) is 18.8 Å². The summed E-state index contributed by atoms with van der Waals surface area (Å²) in [6.45, 7) is 3.77. The molecule has 28 heavy (non-hydrogen) atoms. The van der Waals surface area contributed by atoms with Crippen LogP contribution in [0.5, 0.6) is 0 Å². The van der Waals surface area contributed by atoms with Crippen molar-refractivity contribution in [3.8, 4) is 11.3 Å². The van der Waals surface area contributed by atoms with Crippen molar-refractivity contribution in [2.75, 3.05) is 26.2 Å². The molecule has 1 aromatic carbocycles. The highest BCUT2D eigenvalue weighted by Gasteiger charge is 2.24. The number of nitrogens with one attached hydrogen (secondary N) is 1. The Hall–Kier alpha value is -2.22. The van der Waals surface area contributed by atoms with Crippen LogP contribution in [0.3, 0.4) is 0 Å². The number of benzene rings is 1. The number of carbonyl (C=O) groups is 1. The van der Waals surface area contributed by atoms with Crippen LogP contribution < -0.4 is 5.56 Å². The molecular weight excluding hydrogens is 438 g/mol. The lowest BCUT2D eigenvalue weighted by atomic mass is 10.1. The molecular formula is C21H20BrN3O2S. The van der Waals surface area contributed by atoms with Gasteiger partial charge in [0.2, 0.25) is 0 Å². The standard InChI is InChI=1S/C21H20BrN3O2S/c22-19-9-6-16(28-19)14-24-10-12-25(13-11-24)21(27)17-7-8-18(23-20(17)26)15-4-2-1-3-5-15/h1-9H,10-14H2,(H,23,26). The van der Waals surface area contributed by atoms with Gasteiger partial charge in [-0.2, -0.15) is 0 Å². The molecule has 1 fully saturated rings. The van der Waals surface area contributed by atoms with Crippen molar-refractivity contribution >= 4 is 33.2 Å². The van der Waals surface area contributed by atoms with E-state index in [2.05, 4.69) is 37.9 Å². The van der Waals surface area contributed by atoms with E-state index < -0.39 is 0 Å². The summed E-state index contributed by atoms with van der Waals surface area (Å²) in [5, 5.41) is 0. The lowest BCUT2D eigenvalue weighted by molar-refractivity contribution is 0.0628. The minimum atomic E-state index is -0.336. The topological polar surface area (TPSA) is 56.4 Å². The third kappa shape index (κ3) is 4.27. The summed E-state index contributed by atoms with van der Waals surface area (Å²) in [6, 6.07) is 17.2. The number of H-pyrrole nitrogens is 1. The zero-order valence-corrected chi connectivity index (χ0v) is 17.6. The van der Waals surface area contributed by atoms with E-state index in [1.165, 1.54) is 4.88 Å². The predicted octanol–water partition coefficient (Wildman–Crippen LogP) is 3.82. The smallest absolute Gasteiger partial charge is 0.261 e. The summed E-state index contributed by atoms with van der Waals surface area (Å²) in [7, 11) is 0. The van der Waals surface area contributed by atoms with Crippen molar-refractivity contribution < 1.29 is 4.79 Å². The zero-order chi connectivity index (χ0) is 19.5. The first kappa shape index (κ1) is 19.1. The van der Waals surface area contributed by atoms with E-state index in [1.54, 1.807) is 28.4 Å². The molecule has 0 aliphatic carbocycles.